The molecule has 2 aromatic rings. The van der Waals surface area contributed by atoms with Crippen LogP contribution >= 0.6 is 0 Å². The molecular weight excluding hydrogens is 378 g/mol. The van der Waals surface area contributed by atoms with Gasteiger partial charge >= 0.3 is 0 Å². The SMILES string of the molecule is COc1cc2c3c(c1)-n1cccc1C(=O)[C@H](C)[C@H]3[C@H](C)[C@@H]2O[Si](C)(C)C(C)(C)C. The van der Waals surface area contributed by atoms with Gasteiger partial charge in [-0.05, 0) is 53.4 Å². The number of ether oxygens (including phenoxy) is 1. The van der Waals surface area contributed by atoms with Crippen molar-refractivity contribution in [3.8, 4) is 11.4 Å². The first-order valence-electron chi connectivity index (χ1n) is 10.6. The summed E-state index contributed by atoms with van der Waals surface area (Å²) < 4.78 is 14.7. The average molecular weight is 412 g/mol. The molecule has 0 saturated heterocycles. The van der Waals surface area contributed by atoms with Crippen LogP contribution in [0.1, 0.15) is 68.3 Å². The van der Waals surface area contributed by atoms with E-state index in [1.54, 1.807) is 7.11 Å². The van der Waals surface area contributed by atoms with Gasteiger partial charge in [-0.2, -0.15) is 0 Å². The maximum Gasteiger partial charge on any atom is 0.192 e. The molecule has 4 rings (SSSR count). The third-order valence-electron chi connectivity index (χ3n) is 7.52. The van der Waals surface area contributed by atoms with Crippen molar-refractivity contribution in [2.75, 3.05) is 7.11 Å². The standard InChI is InChI=1S/C24H33NO3Si/c1-14-20-15(2)23(28-29(7,8)24(3,4)5)17-12-16(27-6)13-19(21(17)20)25-11-9-10-18(25)22(14)26/h9-15,20,23H,1-8H3/t14-,15+,20+,23+/m1/s1. The Labute approximate surface area is 175 Å². The molecule has 0 bridgehead atoms. The first-order chi connectivity index (χ1) is 13.5. The fourth-order valence-electron chi connectivity index (χ4n) is 4.84. The van der Waals surface area contributed by atoms with Crippen molar-refractivity contribution in [1.82, 2.24) is 4.57 Å². The molecule has 0 spiro atoms. The Kier molecular flexibility index (Phi) is 4.63. The number of methoxy groups -OCH3 is 1. The summed E-state index contributed by atoms with van der Waals surface area (Å²) in [6, 6.07) is 8.09. The van der Waals surface area contributed by atoms with Crippen molar-refractivity contribution in [1.29, 1.82) is 0 Å². The lowest BCUT2D eigenvalue weighted by Gasteiger charge is -2.40. The molecule has 5 heteroatoms. The summed E-state index contributed by atoms with van der Waals surface area (Å²) in [7, 11) is -0.286. The fraction of sp³-hybridized carbons (Fsp3) is 0.542. The number of carbonyl (C=O) groups is 1. The van der Waals surface area contributed by atoms with E-state index in [-0.39, 0.29) is 34.7 Å². The highest BCUT2D eigenvalue weighted by Gasteiger charge is 2.50. The normalized spacial score (nSPS) is 26.1. The molecule has 1 aliphatic carbocycles. The van der Waals surface area contributed by atoms with Gasteiger partial charge < -0.3 is 13.7 Å². The van der Waals surface area contributed by atoms with E-state index < -0.39 is 8.32 Å². The number of rotatable bonds is 3. The number of carbonyl (C=O) groups excluding carboxylic acids is 1. The minimum Gasteiger partial charge on any atom is -0.497 e. The zero-order valence-electron chi connectivity index (χ0n) is 18.9. The second kappa shape index (κ2) is 6.58. The van der Waals surface area contributed by atoms with Gasteiger partial charge in [-0.25, -0.2) is 0 Å². The second-order valence-corrected chi connectivity index (χ2v) is 15.0. The van der Waals surface area contributed by atoms with Crippen molar-refractivity contribution in [3.63, 3.8) is 0 Å². The molecule has 0 radical (unpaired) electrons. The zero-order chi connectivity index (χ0) is 21.3. The lowest BCUT2D eigenvalue weighted by atomic mass is 9.80. The molecular formula is C24H33NO3Si. The average Bonchev–Trinajstić information content (AvgIpc) is 3.20. The molecule has 4 atom stereocenters. The highest BCUT2D eigenvalue weighted by molar-refractivity contribution is 6.74. The number of hydrogen-bond donors (Lipinski definition) is 0. The smallest absolute Gasteiger partial charge is 0.192 e. The van der Waals surface area contributed by atoms with E-state index in [2.05, 4.69) is 59.8 Å². The molecule has 0 amide bonds. The van der Waals surface area contributed by atoms with Gasteiger partial charge in [0.05, 0.1) is 24.6 Å². The molecule has 0 saturated carbocycles. The lowest BCUT2D eigenvalue weighted by molar-refractivity contribution is 0.0835. The van der Waals surface area contributed by atoms with E-state index in [1.165, 1.54) is 11.1 Å². The van der Waals surface area contributed by atoms with Crippen LogP contribution in [0, 0.1) is 11.8 Å². The molecule has 2 heterocycles. The number of ketones is 1. The van der Waals surface area contributed by atoms with E-state index in [1.807, 2.05) is 22.9 Å². The Balaban J connectivity index is 1.95. The summed E-state index contributed by atoms with van der Waals surface area (Å²) in [6.07, 6.45) is 1.97. The summed E-state index contributed by atoms with van der Waals surface area (Å²) in [6.45, 7) is 15.8. The van der Waals surface area contributed by atoms with Crippen molar-refractivity contribution >= 4 is 14.1 Å². The predicted molar refractivity (Wildman–Crippen MR) is 119 cm³/mol. The monoisotopic (exact) mass is 411 g/mol. The number of fused-ring (bicyclic) bond motifs is 2. The van der Waals surface area contributed by atoms with Crippen molar-refractivity contribution in [3.05, 3.63) is 47.3 Å². The zero-order valence-corrected chi connectivity index (χ0v) is 19.9. The number of nitrogens with zero attached hydrogens (tertiary/aromatic N) is 1. The van der Waals surface area contributed by atoms with E-state index in [4.69, 9.17) is 9.16 Å². The summed E-state index contributed by atoms with van der Waals surface area (Å²) >= 11 is 0. The molecule has 1 aliphatic heterocycles. The summed E-state index contributed by atoms with van der Waals surface area (Å²) in [5, 5.41) is 0.124. The molecule has 0 fully saturated rings. The van der Waals surface area contributed by atoms with Crippen molar-refractivity contribution in [2.24, 2.45) is 11.8 Å². The molecule has 2 aliphatic rings. The molecule has 1 aromatic heterocycles. The largest absolute Gasteiger partial charge is 0.497 e. The maximum atomic E-state index is 13.3. The maximum absolute atomic E-state index is 13.3. The van der Waals surface area contributed by atoms with Gasteiger partial charge in [0.2, 0.25) is 0 Å². The van der Waals surface area contributed by atoms with Gasteiger partial charge in [0.15, 0.2) is 14.1 Å². The number of benzene rings is 1. The van der Waals surface area contributed by atoms with Crippen LogP contribution in [-0.2, 0) is 4.43 Å². The number of Topliss-reactive ketones (excluding diaryl/α,β-unsaturated/α-hetero) is 1. The van der Waals surface area contributed by atoms with Gasteiger partial charge in [0.1, 0.15) is 5.75 Å². The van der Waals surface area contributed by atoms with E-state index in [0.29, 0.717) is 0 Å². The quantitative estimate of drug-likeness (QED) is 0.572. The van der Waals surface area contributed by atoms with Gasteiger partial charge in [0.25, 0.3) is 0 Å². The summed E-state index contributed by atoms with van der Waals surface area (Å²) in [4.78, 5) is 13.3. The Morgan fingerprint density at radius 3 is 2.45 bits per heavy atom. The molecule has 0 N–H and O–H groups in total. The summed E-state index contributed by atoms with van der Waals surface area (Å²) in [5.41, 5.74) is 4.28. The van der Waals surface area contributed by atoms with Crippen LogP contribution in [0.25, 0.3) is 5.69 Å². The van der Waals surface area contributed by atoms with Crippen LogP contribution in [-0.4, -0.2) is 25.8 Å². The van der Waals surface area contributed by atoms with E-state index >= 15 is 0 Å². The second-order valence-electron chi connectivity index (χ2n) is 10.2. The van der Waals surface area contributed by atoms with Crippen LogP contribution in [0.15, 0.2) is 30.5 Å². The first kappa shape index (κ1) is 20.4. The topological polar surface area (TPSA) is 40.5 Å². The highest BCUT2D eigenvalue weighted by atomic mass is 28.4. The number of hydrogen-bond acceptors (Lipinski definition) is 3. The fourth-order valence-corrected chi connectivity index (χ4v) is 6.17. The first-order valence-corrected chi connectivity index (χ1v) is 13.5. The Morgan fingerprint density at radius 2 is 1.83 bits per heavy atom. The Hall–Kier alpha value is -1.85. The van der Waals surface area contributed by atoms with Crippen LogP contribution in [0.5, 0.6) is 5.75 Å². The lowest BCUT2D eigenvalue weighted by Crippen LogP contribution is -2.42. The van der Waals surface area contributed by atoms with E-state index in [0.717, 1.165) is 17.1 Å². The van der Waals surface area contributed by atoms with Crippen molar-refractivity contribution in [2.45, 2.75) is 64.8 Å². The van der Waals surface area contributed by atoms with Crippen molar-refractivity contribution < 1.29 is 14.0 Å². The Morgan fingerprint density at radius 1 is 1.14 bits per heavy atom. The van der Waals surface area contributed by atoms with Gasteiger partial charge in [0, 0.05) is 24.1 Å². The van der Waals surface area contributed by atoms with Crippen LogP contribution in [0.2, 0.25) is 18.1 Å². The molecule has 29 heavy (non-hydrogen) atoms. The molecule has 1 aromatic carbocycles. The predicted octanol–water partition coefficient (Wildman–Crippen LogP) is 6.11. The highest BCUT2D eigenvalue weighted by Crippen LogP contribution is 2.57. The van der Waals surface area contributed by atoms with Gasteiger partial charge in [-0.15, -0.1) is 0 Å². The van der Waals surface area contributed by atoms with Gasteiger partial charge in [-0.3, -0.25) is 4.79 Å². The third kappa shape index (κ3) is 2.93. The summed E-state index contributed by atoms with van der Waals surface area (Å²) in [5.74, 6) is 1.32. The molecule has 0 unspecified atom stereocenters. The minimum atomic E-state index is -1.99. The third-order valence-corrected chi connectivity index (χ3v) is 12.0. The molecule has 4 nitrogen and oxygen atoms in total. The van der Waals surface area contributed by atoms with E-state index in [9.17, 15) is 4.79 Å². The van der Waals surface area contributed by atoms with Crippen LogP contribution in [0.4, 0.5) is 0 Å². The number of aromatic nitrogens is 1. The minimum absolute atomic E-state index is 0.0166. The van der Waals surface area contributed by atoms with Crippen LogP contribution in [0.3, 0.4) is 0 Å². The molecule has 156 valence electrons. The van der Waals surface area contributed by atoms with Crippen LogP contribution < -0.4 is 4.74 Å². The van der Waals surface area contributed by atoms with Gasteiger partial charge in [-0.1, -0.05) is 34.6 Å². The Bertz CT molecular complexity index is 969.